The van der Waals surface area contributed by atoms with Gasteiger partial charge in [-0.05, 0) is 29.8 Å². The summed E-state index contributed by atoms with van der Waals surface area (Å²) in [6, 6.07) is 25.0. The van der Waals surface area contributed by atoms with Gasteiger partial charge in [-0.3, -0.25) is 4.79 Å². The van der Waals surface area contributed by atoms with Crippen LogP contribution in [-0.4, -0.2) is 12.2 Å². The third kappa shape index (κ3) is 3.88. The first kappa shape index (κ1) is 17.6. The van der Waals surface area contributed by atoms with E-state index in [1.807, 2.05) is 85.1 Å². The summed E-state index contributed by atoms with van der Waals surface area (Å²) in [6.07, 6.45) is 1.83. The SMILES string of the molecule is CS/C(Nc1ccccc1)=C(\C#N)C(=O)Nc1cccc2ccccc12. The van der Waals surface area contributed by atoms with Gasteiger partial charge in [0.1, 0.15) is 11.6 Å². The number of rotatable bonds is 5. The highest BCUT2D eigenvalue weighted by atomic mass is 32.2. The zero-order chi connectivity index (χ0) is 18.4. The number of benzene rings is 3. The van der Waals surface area contributed by atoms with Crippen molar-refractivity contribution in [1.29, 1.82) is 5.26 Å². The fraction of sp³-hybridized carbons (Fsp3) is 0.0476. The molecule has 0 bridgehead atoms. The van der Waals surface area contributed by atoms with Gasteiger partial charge in [0, 0.05) is 16.8 Å². The molecule has 3 rings (SSSR count). The first-order valence-corrected chi connectivity index (χ1v) is 9.25. The Hall–Kier alpha value is -3.23. The standard InChI is InChI=1S/C21H17N3OS/c1-26-21(23-16-10-3-2-4-11-16)18(14-22)20(25)24-19-13-7-9-15-8-5-6-12-17(15)19/h2-13,23H,1H3,(H,24,25)/b21-18+. The van der Waals surface area contributed by atoms with Crippen molar-refractivity contribution in [3.05, 3.63) is 83.4 Å². The lowest BCUT2D eigenvalue weighted by Crippen LogP contribution is -2.17. The zero-order valence-corrected chi connectivity index (χ0v) is 15.0. The molecule has 4 nitrogen and oxygen atoms in total. The molecule has 0 atom stereocenters. The molecule has 0 unspecified atom stereocenters. The molecule has 0 saturated carbocycles. The first-order chi connectivity index (χ1) is 12.7. The van der Waals surface area contributed by atoms with Crippen molar-refractivity contribution >= 4 is 39.8 Å². The van der Waals surface area contributed by atoms with E-state index in [9.17, 15) is 10.1 Å². The van der Waals surface area contributed by atoms with Gasteiger partial charge in [-0.2, -0.15) is 5.26 Å². The highest BCUT2D eigenvalue weighted by Crippen LogP contribution is 2.25. The van der Waals surface area contributed by atoms with Gasteiger partial charge in [0.25, 0.3) is 5.91 Å². The fourth-order valence-electron chi connectivity index (χ4n) is 2.59. The van der Waals surface area contributed by atoms with Gasteiger partial charge in [-0.25, -0.2) is 0 Å². The summed E-state index contributed by atoms with van der Waals surface area (Å²) in [5, 5.41) is 18.0. The predicted molar refractivity (Wildman–Crippen MR) is 109 cm³/mol. The number of amides is 1. The lowest BCUT2D eigenvalue weighted by atomic mass is 10.1. The molecule has 26 heavy (non-hydrogen) atoms. The molecule has 0 aliphatic rings. The maximum atomic E-state index is 12.7. The molecule has 128 valence electrons. The second-order valence-electron chi connectivity index (χ2n) is 5.49. The first-order valence-electron chi connectivity index (χ1n) is 8.02. The molecule has 0 spiro atoms. The summed E-state index contributed by atoms with van der Waals surface area (Å²) < 4.78 is 0. The second-order valence-corrected chi connectivity index (χ2v) is 6.31. The molecule has 3 aromatic carbocycles. The average molecular weight is 359 g/mol. The Balaban J connectivity index is 1.91. The summed E-state index contributed by atoms with van der Waals surface area (Å²) in [4.78, 5) is 12.7. The van der Waals surface area contributed by atoms with Crippen LogP contribution in [0.3, 0.4) is 0 Å². The van der Waals surface area contributed by atoms with Gasteiger partial charge in [-0.1, -0.05) is 54.6 Å². The van der Waals surface area contributed by atoms with E-state index >= 15 is 0 Å². The summed E-state index contributed by atoms with van der Waals surface area (Å²) in [5.41, 5.74) is 1.55. The molecule has 0 aliphatic heterocycles. The Morgan fingerprint density at radius 1 is 0.923 bits per heavy atom. The van der Waals surface area contributed by atoms with Crippen LogP contribution in [0.15, 0.2) is 83.4 Å². The van der Waals surface area contributed by atoms with Crippen LogP contribution in [0.1, 0.15) is 0 Å². The summed E-state index contributed by atoms with van der Waals surface area (Å²) in [6.45, 7) is 0. The molecular weight excluding hydrogens is 342 g/mol. The van der Waals surface area contributed by atoms with E-state index < -0.39 is 5.91 Å². The third-order valence-corrected chi connectivity index (χ3v) is 4.55. The van der Waals surface area contributed by atoms with E-state index in [1.54, 1.807) is 0 Å². The highest BCUT2D eigenvalue weighted by molar-refractivity contribution is 8.02. The molecule has 0 heterocycles. The Morgan fingerprint density at radius 2 is 1.62 bits per heavy atom. The minimum atomic E-state index is -0.434. The van der Waals surface area contributed by atoms with Crippen LogP contribution in [0.25, 0.3) is 10.8 Å². The Bertz CT molecular complexity index is 1000. The molecule has 0 fully saturated rings. The van der Waals surface area contributed by atoms with Crippen LogP contribution in [0.2, 0.25) is 0 Å². The number of carbonyl (C=O) groups is 1. The minimum absolute atomic E-state index is 0.0503. The monoisotopic (exact) mass is 359 g/mol. The maximum absolute atomic E-state index is 12.7. The molecule has 0 radical (unpaired) electrons. The predicted octanol–water partition coefficient (Wildman–Crippen LogP) is 4.99. The van der Waals surface area contributed by atoms with E-state index in [0.717, 1.165) is 16.5 Å². The average Bonchev–Trinajstić information content (AvgIpc) is 2.69. The lowest BCUT2D eigenvalue weighted by molar-refractivity contribution is -0.112. The minimum Gasteiger partial charge on any atom is -0.349 e. The number of nitrogens with one attached hydrogen (secondary N) is 2. The van der Waals surface area contributed by atoms with Crippen molar-refractivity contribution in [2.24, 2.45) is 0 Å². The van der Waals surface area contributed by atoms with Crippen LogP contribution in [0.4, 0.5) is 11.4 Å². The van der Waals surface area contributed by atoms with Gasteiger partial charge < -0.3 is 10.6 Å². The normalized spacial score (nSPS) is 11.4. The Morgan fingerprint density at radius 3 is 2.35 bits per heavy atom. The third-order valence-electron chi connectivity index (χ3n) is 3.84. The van der Waals surface area contributed by atoms with Crippen molar-refractivity contribution in [1.82, 2.24) is 0 Å². The van der Waals surface area contributed by atoms with E-state index in [0.29, 0.717) is 10.7 Å². The van der Waals surface area contributed by atoms with Crippen LogP contribution < -0.4 is 10.6 Å². The number of thioether (sulfide) groups is 1. The number of anilines is 2. The molecule has 0 aromatic heterocycles. The number of para-hydroxylation sites is 1. The van der Waals surface area contributed by atoms with E-state index in [2.05, 4.69) is 10.6 Å². The molecule has 0 saturated heterocycles. The Labute approximate surface area is 156 Å². The maximum Gasteiger partial charge on any atom is 0.269 e. The zero-order valence-electron chi connectivity index (χ0n) is 14.2. The topological polar surface area (TPSA) is 64.9 Å². The highest BCUT2D eigenvalue weighted by Gasteiger charge is 2.16. The molecule has 3 aromatic rings. The molecule has 2 N–H and O–H groups in total. The van der Waals surface area contributed by atoms with Gasteiger partial charge >= 0.3 is 0 Å². The number of hydrogen-bond donors (Lipinski definition) is 2. The molecule has 1 amide bonds. The number of hydrogen-bond acceptors (Lipinski definition) is 4. The van der Waals surface area contributed by atoms with Crippen LogP contribution >= 0.6 is 11.8 Å². The molecule has 5 heteroatoms. The van der Waals surface area contributed by atoms with Crippen molar-refractivity contribution < 1.29 is 4.79 Å². The number of fused-ring (bicyclic) bond motifs is 1. The van der Waals surface area contributed by atoms with Gasteiger partial charge in [-0.15, -0.1) is 11.8 Å². The largest absolute Gasteiger partial charge is 0.349 e. The van der Waals surface area contributed by atoms with Crippen LogP contribution in [0, 0.1) is 11.3 Å². The van der Waals surface area contributed by atoms with Crippen molar-refractivity contribution in [3.8, 4) is 6.07 Å². The number of nitriles is 1. The summed E-state index contributed by atoms with van der Waals surface area (Å²) in [5.74, 6) is -0.434. The summed E-state index contributed by atoms with van der Waals surface area (Å²) >= 11 is 1.33. The van der Waals surface area contributed by atoms with Gasteiger partial charge in [0.2, 0.25) is 0 Å². The van der Waals surface area contributed by atoms with E-state index in [-0.39, 0.29) is 5.57 Å². The van der Waals surface area contributed by atoms with Crippen LogP contribution in [-0.2, 0) is 4.79 Å². The van der Waals surface area contributed by atoms with Crippen molar-refractivity contribution in [2.75, 3.05) is 16.9 Å². The van der Waals surface area contributed by atoms with Crippen LogP contribution in [0.5, 0.6) is 0 Å². The fourth-order valence-corrected chi connectivity index (χ4v) is 3.15. The lowest BCUT2D eigenvalue weighted by Gasteiger charge is -2.12. The number of nitrogens with zero attached hydrogens (tertiary/aromatic N) is 1. The number of carbonyl (C=O) groups excluding carboxylic acids is 1. The van der Waals surface area contributed by atoms with Gasteiger partial charge in [0.05, 0.1) is 5.03 Å². The van der Waals surface area contributed by atoms with E-state index in [1.165, 1.54) is 11.8 Å². The second kappa shape index (κ2) is 8.24. The quantitative estimate of drug-likeness (QED) is 0.498. The van der Waals surface area contributed by atoms with Crippen molar-refractivity contribution in [2.45, 2.75) is 0 Å². The molecule has 0 aliphatic carbocycles. The molecular formula is C21H17N3OS. The van der Waals surface area contributed by atoms with E-state index in [4.69, 9.17) is 0 Å². The Kier molecular flexibility index (Phi) is 5.57. The summed E-state index contributed by atoms with van der Waals surface area (Å²) in [7, 11) is 0. The van der Waals surface area contributed by atoms with Gasteiger partial charge in [0.15, 0.2) is 0 Å². The smallest absolute Gasteiger partial charge is 0.269 e. The van der Waals surface area contributed by atoms with Crippen molar-refractivity contribution in [3.63, 3.8) is 0 Å².